The number of nitrogens with zero attached hydrogens (tertiary/aromatic N) is 2. The van der Waals surface area contributed by atoms with Crippen LogP contribution < -0.4 is 0 Å². The Morgan fingerprint density at radius 2 is 2.11 bits per heavy atom. The number of aromatic nitrogens is 1. The molecule has 1 aliphatic rings. The molecule has 1 aromatic heterocycles. The van der Waals surface area contributed by atoms with Gasteiger partial charge in [0, 0.05) is 6.20 Å². The molecule has 1 saturated heterocycles. The molecule has 1 fully saturated rings. The Morgan fingerprint density at radius 1 is 1.42 bits per heavy atom. The van der Waals surface area contributed by atoms with Gasteiger partial charge in [0.15, 0.2) is 0 Å². The van der Waals surface area contributed by atoms with Gasteiger partial charge in [-0.3, -0.25) is 19.5 Å². The van der Waals surface area contributed by atoms with Crippen LogP contribution in [0.1, 0.15) is 16.1 Å². The second kappa shape index (κ2) is 5.57. The van der Waals surface area contributed by atoms with Crippen LogP contribution in [0.5, 0.6) is 0 Å². The van der Waals surface area contributed by atoms with Gasteiger partial charge in [0.1, 0.15) is 13.2 Å². The number of hydrogen-bond acceptors (Lipinski definition) is 6. The van der Waals surface area contributed by atoms with Crippen molar-refractivity contribution < 1.29 is 23.9 Å². The molecular weight excluding hydrogens is 252 g/mol. The summed E-state index contributed by atoms with van der Waals surface area (Å²) in [4.78, 5) is 39.8. The third-order valence-corrected chi connectivity index (χ3v) is 2.66. The average Bonchev–Trinajstić information content (AvgIpc) is 2.42. The van der Waals surface area contributed by atoms with Crippen molar-refractivity contribution in [2.24, 2.45) is 0 Å². The van der Waals surface area contributed by atoms with E-state index in [1.54, 1.807) is 6.07 Å². The Morgan fingerprint density at radius 3 is 2.74 bits per heavy atom. The van der Waals surface area contributed by atoms with Crippen molar-refractivity contribution in [1.82, 2.24) is 9.88 Å². The summed E-state index contributed by atoms with van der Waals surface area (Å²) in [6, 6.07) is 3.11. The first-order valence-electron chi connectivity index (χ1n) is 5.56. The predicted molar refractivity (Wildman–Crippen MR) is 62.0 cm³/mol. The van der Waals surface area contributed by atoms with Crippen LogP contribution in [-0.2, 0) is 25.6 Å². The zero-order chi connectivity index (χ0) is 13.8. The van der Waals surface area contributed by atoms with E-state index in [9.17, 15) is 14.4 Å². The fourth-order valence-electron chi connectivity index (χ4n) is 1.71. The van der Waals surface area contributed by atoms with E-state index >= 15 is 0 Å². The Balaban J connectivity index is 2.25. The molecule has 0 aromatic carbocycles. The number of carbonyl (C=O) groups excluding carboxylic acids is 3. The number of ether oxygens (including phenoxy) is 2. The first kappa shape index (κ1) is 13.2. The second-order valence-electron chi connectivity index (χ2n) is 3.86. The molecule has 0 spiro atoms. The summed E-state index contributed by atoms with van der Waals surface area (Å²) in [6.07, 6.45) is 1.48. The maximum Gasteiger partial charge on any atom is 0.339 e. The lowest BCUT2D eigenvalue weighted by Crippen LogP contribution is -2.45. The molecule has 1 aromatic rings. The van der Waals surface area contributed by atoms with E-state index < -0.39 is 17.8 Å². The summed E-state index contributed by atoms with van der Waals surface area (Å²) in [6.45, 7) is -0.357. The van der Waals surface area contributed by atoms with E-state index in [1.165, 1.54) is 19.4 Å². The maximum absolute atomic E-state index is 11.6. The number of methoxy groups -OCH3 is 1. The van der Waals surface area contributed by atoms with Crippen LogP contribution in [0.3, 0.4) is 0 Å². The lowest BCUT2D eigenvalue weighted by Gasteiger charge is -2.24. The number of amides is 2. The van der Waals surface area contributed by atoms with Gasteiger partial charge in [-0.05, 0) is 12.1 Å². The normalized spacial score (nSPS) is 15.5. The van der Waals surface area contributed by atoms with Crippen molar-refractivity contribution in [2.45, 2.75) is 6.54 Å². The van der Waals surface area contributed by atoms with Gasteiger partial charge in [-0.15, -0.1) is 0 Å². The van der Waals surface area contributed by atoms with Crippen LogP contribution in [0, 0.1) is 0 Å². The Kier molecular flexibility index (Phi) is 3.86. The minimum absolute atomic E-state index is 0.0632. The van der Waals surface area contributed by atoms with Gasteiger partial charge < -0.3 is 9.47 Å². The van der Waals surface area contributed by atoms with Gasteiger partial charge in [-0.25, -0.2) is 4.79 Å². The highest BCUT2D eigenvalue weighted by atomic mass is 16.5. The smallest absolute Gasteiger partial charge is 0.339 e. The highest BCUT2D eigenvalue weighted by Crippen LogP contribution is 2.12. The molecule has 0 N–H and O–H groups in total. The Labute approximate surface area is 109 Å². The van der Waals surface area contributed by atoms with Crippen LogP contribution in [0.25, 0.3) is 0 Å². The number of carbonyl (C=O) groups is 3. The quantitative estimate of drug-likeness (QED) is 0.553. The maximum atomic E-state index is 11.6. The van der Waals surface area contributed by atoms with Crippen LogP contribution in [0.4, 0.5) is 0 Å². The summed E-state index contributed by atoms with van der Waals surface area (Å²) in [7, 11) is 1.25. The summed E-state index contributed by atoms with van der Waals surface area (Å²) < 4.78 is 9.44. The first-order valence-corrected chi connectivity index (χ1v) is 5.56. The van der Waals surface area contributed by atoms with Gasteiger partial charge in [-0.2, -0.15) is 0 Å². The van der Waals surface area contributed by atoms with E-state index in [2.05, 4.69) is 9.72 Å². The molecule has 0 aliphatic carbocycles. The molecular formula is C12H12N2O5. The largest absolute Gasteiger partial charge is 0.465 e. The molecule has 0 bridgehead atoms. The standard InChI is InChI=1S/C12H12N2O5/c1-18-12(17)8-3-2-4-13-9(8)5-14-10(15)6-19-7-11(14)16/h2-4H,5-7H2,1H3. The van der Waals surface area contributed by atoms with E-state index in [4.69, 9.17) is 4.74 Å². The lowest BCUT2D eigenvalue weighted by atomic mass is 10.2. The van der Waals surface area contributed by atoms with Crippen molar-refractivity contribution in [3.63, 3.8) is 0 Å². The van der Waals surface area contributed by atoms with E-state index in [1.807, 2.05) is 0 Å². The number of esters is 1. The second-order valence-corrected chi connectivity index (χ2v) is 3.86. The van der Waals surface area contributed by atoms with E-state index in [0.717, 1.165) is 4.90 Å². The molecule has 7 nitrogen and oxygen atoms in total. The highest BCUT2D eigenvalue weighted by molar-refractivity contribution is 5.98. The molecule has 0 atom stereocenters. The molecule has 0 saturated carbocycles. The van der Waals surface area contributed by atoms with Crippen molar-refractivity contribution in [3.8, 4) is 0 Å². The topological polar surface area (TPSA) is 85.8 Å². The number of morpholine rings is 1. The summed E-state index contributed by atoms with van der Waals surface area (Å²) in [5, 5.41) is 0. The van der Waals surface area contributed by atoms with Crippen molar-refractivity contribution >= 4 is 17.8 Å². The zero-order valence-electron chi connectivity index (χ0n) is 10.3. The Bertz CT molecular complexity index is 513. The van der Waals surface area contributed by atoms with Crippen LogP contribution in [0.15, 0.2) is 18.3 Å². The predicted octanol–water partition coefficient (Wildman–Crippen LogP) is -0.246. The van der Waals surface area contributed by atoms with Crippen molar-refractivity contribution in [2.75, 3.05) is 20.3 Å². The third-order valence-electron chi connectivity index (χ3n) is 2.66. The van der Waals surface area contributed by atoms with Crippen LogP contribution >= 0.6 is 0 Å². The average molecular weight is 264 g/mol. The van der Waals surface area contributed by atoms with E-state index in [0.29, 0.717) is 5.69 Å². The van der Waals surface area contributed by atoms with Gasteiger partial charge >= 0.3 is 5.97 Å². The number of hydrogen-bond donors (Lipinski definition) is 0. The molecule has 2 amide bonds. The summed E-state index contributed by atoms with van der Waals surface area (Å²) >= 11 is 0. The monoisotopic (exact) mass is 264 g/mol. The molecule has 19 heavy (non-hydrogen) atoms. The van der Waals surface area contributed by atoms with Gasteiger partial charge in [0.05, 0.1) is 24.9 Å². The zero-order valence-corrected chi connectivity index (χ0v) is 10.3. The number of imide groups is 1. The molecule has 1 aliphatic heterocycles. The molecule has 0 unspecified atom stereocenters. The van der Waals surface area contributed by atoms with Crippen molar-refractivity contribution in [3.05, 3.63) is 29.6 Å². The molecule has 2 rings (SSSR count). The highest BCUT2D eigenvalue weighted by Gasteiger charge is 2.28. The molecule has 7 heteroatoms. The number of rotatable bonds is 3. The SMILES string of the molecule is COC(=O)c1cccnc1CN1C(=O)COCC1=O. The van der Waals surface area contributed by atoms with Crippen LogP contribution in [-0.4, -0.2) is 48.0 Å². The van der Waals surface area contributed by atoms with Gasteiger partial charge in [0.25, 0.3) is 11.8 Å². The summed E-state index contributed by atoms with van der Waals surface area (Å²) in [5.41, 5.74) is 0.551. The number of pyridine rings is 1. The third kappa shape index (κ3) is 2.76. The molecule has 2 heterocycles. The van der Waals surface area contributed by atoms with E-state index in [-0.39, 0.29) is 25.3 Å². The van der Waals surface area contributed by atoms with Crippen LogP contribution in [0.2, 0.25) is 0 Å². The molecule has 100 valence electrons. The fourth-order valence-corrected chi connectivity index (χ4v) is 1.71. The minimum atomic E-state index is -0.559. The summed E-state index contributed by atoms with van der Waals surface area (Å²) in [5.74, 6) is -1.45. The van der Waals surface area contributed by atoms with Gasteiger partial charge in [-0.1, -0.05) is 0 Å². The minimum Gasteiger partial charge on any atom is -0.465 e. The first-order chi connectivity index (χ1) is 9.13. The lowest BCUT2D eigenvalue weighted by molar-refractivity contribution is -0.159. The molecule has 0 radical (unpaired) electrons. The Hall–Kier alpha value is -2.28. The van der Waals surface area contributed by atoms with Crippen molar-refractivity contribution in [1.29, 1.82) is 0 Å². The van der Waals surface area contributed by atoms with Gasteiger partial charge in [0.2, 0.25) is 0 Å². The fraction of sp³-hybridized carbons (Fsp3) is 0.333.